The minimum Gasteiger partial charge on any atom is -0.469 e. The van der Waals surface area contributed by atoms with Crippen LogP contribution in [0.1, 0.15) is 16.1 Å². The molecule has 0 fully saturated rings. The van der Waals surface area contributed by atoms with E-state index < -0.39 is 5.91 Å². The topological polar surface area (TPSA) is 107 Å². The third-order valence-corrected chi connectivity index (χ3v) is 2.85. The SMILES string of the molecule is NNC(=O)c1ccc(COc2nccn3ccnc23)nc1. The van der Waals surface area contributed by atoms with Gasteiger partial charge < -0.3 is 9.14 Å². The summed E-state index contributed by atoms with van der Waals surface area (Å²) in [6, 6.07) is 3.31. The molecule has 3 N–H and O–H groups in total. The normalized spacial score (nSPS) is 10.5. The van der Waals surface area contributed by atoms with Crippen molar-refractivity contribution in [2.24, 2.45) is 5.84 Å². The molecule has 0 spiro atoms. The number of hydrogen-bond donors (Lipinski definition) is 2. The third kappa shape index (κ3) is 2.65. The van der Waals surface area contributed by atoms with E-state index in [9.17, 15) is 4.79 Å². The van der Waals surface area contributed by atoms with E-state index in [-0.39, 0.29) is 6.61 Å². The van der Waals surface area contributed by atoms with E-state index in [1.807, 2.05) is 16.0 Å². The lowest BCUT2D eigenvalue weighted by Gasteiger charge is -2.06. The number of ether oxygens (including phenoxy) is 1. The van der Waals surface area contributed by atoms with Gasteiger partial charge in [-0.15, -0.1) is 0 Å². The Morgan fingerprint density at radius 3 is 2.76 bits per heavy atom. The Morgan fingerprint density at radius 2 is 2.05 bits per heavy atom. The van der Waals surface area contributed by atoms with Gasteiger partial charge in [-0.25, -0.2) is 15.8 Å². The van der Waals surface area contributed by atoms with Crippen molar-refractivity contribution in [1.29, 1.82) is 0 Å². The number of nitrogen functional groups attached to an aromatic ring is 1. The van der Waals surface area contributed by atoms with Crippen LogP contribution in [0.4, 0.5) is 0 Å². The van der Waals surface area contributed by atoms with E-state index >= 15 is 0 Å². The zero-order chi connectivity index (χ0) is 14.7. The van der Waals surface area contributed by atoms with Gasteiger partial charge in [-0.2, -0.15) is 0 Å². The molecule has 3 heterocycles. The molecule has 1 amide bonds. The summed E-state index contributed by atoms with van der Waals surface area (Å²) < 4.78 is 7.42. The Balaban J connectivity index is 1.73. The highest BCUT2D eigenvalue weighted by molar-refractivity contribution is 5.93. The number of carbonyl (C=O) groups is 1. The molecular weight excluding hydrogens is 272 g/mol. The van der Waals surface area contributed by atoms with Crippen molar-refractivity contribution in [2.45, 2.75) is 6.61 Å². The van der Waals surface area contributed by atoms with Gasteiger partial charge in [-0.05, 0) is 12.1 Å². The van der Waals surface area contributed by atoms with Crippen LogP contribution in [0.3, 0.4) is 0 Å². The minimum atomic E-state index is -0.390. The first kappa shape index (κ1) is 13.0. The molecule has 0 aliphatic carbocycles. The van der Waals surface area contributed by atoms with Crippen LogP contribution in [0.15, 0.2) is 43.1 Å². The van der Waals surface area contributed by atoms with Crippen molar-refractivity contribution in [3.63, 3.8) is 0 Å². The number of carbonyl (C=O) groups excluding carboxylic acids is 1. The number of imidazole rings is 1. The van der Waals surface area contributed by atoms with E-state index in [4.69, 9.17) is 10.6 Å². The zero-order valence-electron chi connectivity index (χ0n) is 10.9. The average molecular weight is 284 g/mol. The maximum atomic E-state index is 11.3. The summed E-state index contributed by atoms with van der Waals surface area (Å²) in [5, 5.41) is 0. The summed E-state index contributed by atoms with van der Waals surface area (Å²) in [5.74, 6) is 5.08. The molecule has 0 saturated carbocycles. The van der Waals surface area contributed by atoms with Gasteiger partial charge in [0.25, 0.3) is 11.8 Å². The molecule has 8 nitrogen and oxygen atoms in total. The Morgan fingerprint density at radius 1 is 1.24 bits per heavy atom. The molecule has 3 rings (SSSR count). The first-order valence-corrected chi connectivity index (χ1v) is 6.14. The van der Waals surface area contributed by atoms with Gasteiger partial charge in [0.05, 0.1) is 11.3 Å². The second kappa shape index (κ2) is 5.55. The average Bonchev–Trinajstić information content (AvgIpc) is 3.02. The van der Waals surface area contributed by atoms with Crippen molar-refractivity contribution < 1.29 is 9.53 Å². The van der Waals surface area contributed by atoms with Crippen molar-refractivity contribution >= 4 is 11.6 Å². The lowest BCUT2D eigenvalue weighted by atomic mass is 10.2. The number of amides is 1. The first-order valence-electron chi connectivity index (χ1n) is 6.14. The second-order valence-corrected chi connectivity index (χ2v) is 4.19. The van der Waals surface area contributed by atoms with E-state index in [0.29, 0.717) is 22.8 Å². The molecule has 8 heteroatoms. The van der Waals surface area contributed by atoms with Crippen LogP contribution in [-0.4, -0.2) is 25.3 Å². The monoisotopic (exact) mass is 284 g/mol. The Bertz CT molecular complexity index is 768. The van der Waals surface area contributed by atoms with Crippen LogP contribution in [0, 0.1) is 0 Å². The highest BCUT2D eigenvalue weighted by Crippen LogP contribution is 2.15. The van der Waals surface area contributed by atoms with Gasteiger partial charge in [-0.3, -0.25) is 15.2 Å². The van der Waals surface area contributed by atoms with Crippen LogP contribution < -0.4 is 16.0 Å². The van der Waals surface area contributed by atoms with Gasteiger partial charge in [0, 0.05) is 31.0 Å². The quantitative estimate of drug-likeness (QED) is 0.405. The zero-order valence-corrected chi connectivity index (χ0v) is 10.9. The fraction of sp³-hybridized carbons (Fsp3) is 0.0769. The highest BCUT2D eigenvalue weighted by atomic mass is 16.5. The summed E-state index contributed by atoms with van der Waals surface area (Å²) >= 11 is 0. The van der Waals surface area contributed by atoms with Crippen LogP contribution in [0.5, 0.6) is 5.88 Å². The smallest absolute Gasteiger partial charge is 0.266 e. The molecule has 21 heavy (non-hydrogen) atoms. The lowest BCUT2D eigenvalue weighted by molar-refractivity contribution is 0.0953. The molecule has 0 radical (unpaired) electrons. The van der Waals surface area contributed by atoms with Crippen LogP contribution in [0.25, 0.3) is 5.65 Å². The molecule has 0 aromatic carbocycles. The standard InChI is InChI=1S/C13H12N6O2/c14-18-12(20)9-1-2-10(17-7-9)8-21-13-11-15-3-5-19(11)6-4-16-13/h1-7H,8,14H2,(H,18,20). The predicted molar refractivity (Wildman–Crippen MR) is 73.2 cm³/mol. The number of fused-ring (bicyclic) bond motifs is 1. The minimum absolute atomic E-state index is 0.226. The van der Waals surface area contributed by atoms with Crippen LogP contribution in [0.2, 0.25) is 0 Å². The number of nitrogens with two attached hydrogens (primary N) is 1. The third-order valence-electron chi connectivity index (χ3n) is 2.85. The molecule has 106 valence electrons. The summed E-state index contributed by atoms with van der Waals surface area (Å²) in [6.45, 7) is 0.226. The number of aromatic nitrogens is 4. The fourth-order valence-corrected chi connectivity index (χ4v) is 1.80. The number of pyridine rings is 1. The van der Waals surface area contributed by atoms with Crippen molar-refractivity contribution in [3.8, 4) is 5.88 Å². The summed E-state index contributed by atoms with van der Waals surface area (Å²) in [6.07, 6.45) is 8.33. The lowest BCUT2D eigenvalue weighted by Crippen LogP contribution is -2.30. The van der Waals surface area contributed by atoms with Gasteiger partial charge in [0.15, 0.2) is 5.65 Å². The number of hydrazine groups is 1. The Kier molecular flexibility index (Phi) is 3.44. The molecule has 0 saturated heterocycles. The van der Waals surface area contributed by atoms with Crippen molar-refractivity contribution in [3.05, 3.63) is 54.4 Å². The molecule has 0 aliphatic rings. The maximum absolute atomic E-state index is 11.3. The molecular formula is C13H12N6O2. The number of nitrogens with one attached hydrogen (secondary N) is 1. The molecule has 0 unspecified atom stereocenters. The number of hydrogen-bond acceptors (Lipinski definition) is 6. The first-order chi connectivity index (χ1) is 10.3. The van der Waals surface area contributed by atoms with Gasteiger partial charge in [0.2, 0.25) is 0 Å². The highest BCUT2D eigenvalue weighted by Gasteiger charge is 2.07. The largest absolute Gasteiger partial charge is 0.469 e. The summed E-state index contributed by atoms with van der Waals surface area (Å²) in [4.78, 5) is 23.7. The van der Waals surface area contributed by atoms with Gasteiger partial charge in [0.1, 0.15) is 6.61 Å². The van der Waals surface area contributed by atoms with Crippen molar-refractivity contribution in [1.82, 2.24) is 24.8 Å². The second-order valence-electron chi connectivity index (χ2n) is 4.19. The Labute approximate surface area is 119 Å². The van der Waals surface area contributed by atoms with Crippen molar-refractivity contribution in [2.75, 3.05) is 0 Å². The Hall–Kier alpha value is -3.00. The summed E-state index contributed by atoms with van der Waals surface area (Å²) in [5.41, 5.74) is 3.73. The van der Waals surface area contributed by atoms with E-state index in [1.165, 1.54) is 6.20 Å². The van der Waals surface area contributed by atoms with Gasteiger partial charge >= 0.3 is 0 Å². The summed E-state index contributed by atoms with van der Waals surface area (Å²) in [7, 11) is 0. The fourth-order valence-electron chi connectivity index (χ4n) is 1.80. The van der Waals surface area contributed by atoms with E-state index in [0.717, 1.165) is 0 Å². The molecule has 0 aliphatic heterocycles. The number of rotatable bonds is 4. The maximum Gasteiger partial charge on any atom is 0.266 e. The molecule has 0 atom stereocenters. The molecule has 3 aromatic rings. The molecule has 3 aromatic heterocycles. The van der Waals surface area contributed by atoms with E-state index in [1.54, 1.807) is 30.7 Å². The van der Waals surface area contributed by atoms with Crippen LogP contribution >= 0.6 is 0 Å². The number of nitrogens with zero attached hydrogens (tertiary/aromatic N) is 4. The van der Waals surface area contributed by atoms with Gasteiger partial charge in [-0.1, -0.05) is 0 Å². The predicted octanol–water partition coefficient (Wildman–Crippen LogP) is 0.307. The van der Waals surface area contributed by atoms with E-state index in [2.05, 4.69) is 15.0 Å². The van der Waals surface area contributed by atoms with Crippen LogP contribution in [-0.2, 0) is 6.61 Å². The molecule has 0 bridgehead atoms.